The molecule has 1 saturated heterocycles. The minimum absolute atomic E-state index is 0.310. The molecule has 1 aromatic rings. The zero-order valence-corrected chi connectivity index (χ0v) is 16.8. The average Bonchev–Trinajstić information content (AvgIpc) is 2.51. The second-order valence-corrected chi connectivity index (χ2v) is 7.73. The van der Waals surface area contributed by atoms with E-state index in [2.05, 4.69) is 25.8 Å². The van der Waals surface area contributed by atoms with Gasteiger partial charge in [0.25, 0.3) is 0 Å². The molecule has 0 radical (unpaired) electrons. The van der Waals surface area contributed by atoms with E-state index < -0.39 is 11.9 Å². The second kappa shape index (κ2) is 8.82. The van der Waals surface area contributed by atoms with E-state index in [4.69, 9.17) is 14.2 Å². The Morgan fingerprint density at radius 1 is 1.48 bits per heavy atom. The van der Waals surface area contributed by atoms with Crippen molar-refractivity contribution < 1.29 is 19.0 Å². The van der Waals surface area contributed by atoms with Gasteiger partial charge in [-0.1, -0.05) is 0 Å². The quantitative estimate of drug-likeness (QED) is 0.735. The summed E-state index contributed by atoms with van der Waals surface area (Å²) in [5.74, 6) is 0.640. The van der Waals surface area contributed by atoms with E-state index in [0.717, 1.165) is 11.0 Å². The largest absolute Gasteiger partial charge is 0.462 e. The molecule has 1 unspecified atom stereocenters. The van der Waals surface area contributed by atoms with Crippen LogP contribution in [0.5, 0.6) is 5.75 Å². The van der Waals surface area contributed by atoms with Gasteiger partial charge in [-0.2, -0.15) is 0 Å². The third kappa shape index (κ3) is 6.80. The molecule has 140 valence electrons. The fraction of sp³-hybridized carbons (Fsp3) is 0.647. The van der Waals surface area contributed by atoms with Gasteiger partial charge in [0.1, 0.15) is 11.4 Å². The molecule has 8 heteroatoms. The zero-order valence-electron chi connectivity index (χ0n) is 15.2. The summed E-state index contributed by atoms with van der Waals surface area (Å²) < 4.78 is 17.8. The van der Waals surface area contributed by atoms with Crippen molar-refractivity contribution in [3.63, 3.8) is 0 Å². The molecule has 0 aliphatic carbocycles. The zero-order chi connectivity index (χ0) is 18.4. The Kier molecular flexibility index (Phi) is 7.04. The van der Waals surface area contributed by atoms with E-state index in [1.165, 1.54) is 0 Å². The van der Waals surface area contributed by atoms with Crippen molar-refractivity contribution in [2.45, 2.75) is 39.6 Å². The summed E-state index contributed by atoms with van der Waals surface area (Å²) in [7, 11) is 0. The van der Waals surface area contributed by atoms with Crippen molar-refractivity contribution in [2.75, 3.05) is 32.9 Å². The summed E-state index contributed by atoms with van der Waals surface area (Å²) >= 11 is 3.37. The number of pyridine rings is 1. The van der Waals surface area contributed by atoms with Crippen LogP contribution in [0.1, 0.15) is 27.7 Å². The number of morpholine rings is 1. The average molecular weight is 416 g/mol. The van der Waals surface area contributed by atoms with Crippen LogP contribution in [0.2, 0.25) is 0 Å². The lowest BCUT2D eigenvalue weighted by molar-refractivity contribution is -0.137. The maximum Gasteiger partial charge on any atom is 0.411 e. The van der Waals surface area contributed by atoms with E-state index in [1.807, 2.05) is 33.8 Å². The van der Waals surface area contributed by atoms with Gasteiger partial charge in [0.2, 0.25) is 6.29 Å². The highest BCUT2D eigenvalue weighted by atomic mass is 79.9. The SMILES string of the molecule is CCN(CN1CCOC(Oc2cncc(Br)c2)C1)C(=O)OC(C)(C)C. The summed E-state index contributed by atoms with van der Waals surface area (Å²) in [6, 6.07) is 1.84. The molecular weight excluding hydrogens is 390 g/mol. The highest BCUT2D eigenvalue weighted by Gasteiger charge is 2.27. The number of aromatic nitrogens is 1. The van der Waals surface area contributed by atoms with Gasteiger partial charge < -0.3 is 14.2 Å². The van der Waals surface area contributed by atoms with Crippen molar-refractivity contribution in [1.29, 1.82) is 0 Å². The maximum absolute atomic E-state index is 12.3. The lowest BCUT2D eigenvalue weighted by Crippen LogP contribution is -2.51. The van der Waals surface area contributed by atoms with Crippen molar-refractivity contribution >= 4 is 22.0 Å². The summed E-state index contributed by atoms with van der Waals surface area (Å²) in [4.78, 5) is 20.1. The molecule has 1 aliphatic heterocycles. The van der Waals surface area contributed by atoms with E-state index in [9.17, 15) is 4.79 Å². The maximum atomic E-state index is 12.3. The number of nitrogens with zero attached hydrogens (tertiary/aromatic N) is 3. The lowest BCUT2D eigenvalue weighted by atomic mass is 10.2. The molecule has 0 N–H and O–H groups in total. The predicted molar refractivity (Wildman–Crippen MR) is 97.4 cm³/mol. The van der Waals surface area contributed by atoms with Gasteiger partial charge in [0.05, 0.1) is 26.0 Å². The fourth-order valence-electron chi connectivity index (χ4n) is 2.33. The van der Waals surface area contributed by atoms with Gasteiger partial charge in [-0.15, -0.1) is 0 Å². The number of halogens is 1. The highest BCUT2D eigenvalue weighted by Crippen LogP contribution is 2.19. The molecule has 1 atom stereocenters. The number of carbonyl (C=O) groups excluding carboxylic acids is 1. The molecule has 1 amide bonds. The standard InChI is InChI=1S/C17H26BrN3O4/c1-5-21(16(22)25-17(2,3)4)12-20-6-7-23-15(11-20)24-14-8-13(18)9-19-10-14/h8-10,15H,5-7,11-12H2,1-4H3. The number of carbonyl (C=O) groups is 1. The molecule has 7 nitrogen and oxygen atoms in total. The molecule has 0 aromatic carbocycles. The monoisotopic (exact) mass is 415 g/mol. The van der Waals surface area contributed by atoms with Crippen molar-refractivity contribution in [2.24, 2.45) is 0 Å². The molecule has 1 aromatic heterocycles. The van der Waals surface area contributed by atoms with Crippen LogP contribution in [0.15, 0.2) is 22.9 Å². The summed E-state index contributed by atoms with van der Waals surface area (Å²) in [6.07, 6.45) is 2.63. The third-order valence-corrected chi connectivity index (χ3v) is 3.90. The van der Waals surface area contributed by atoms with Crippen molar-refractivity contribution in [3.05, 3.63) is 22.9 Å². The van der Waals surface area contributed by atoms with E-state index in [0.29, 0.717) is 32.1 Å². The van der Waals surface area contributed by atoms with Crippen molar-refractivity contribution in [1.82, 2.24) is 14.8 Å². The first-order valence-corrected chi connectivity index (χ1v) is 9.15. The smallest absolute Gasteiger partial charge is 0.411 e. The first-order chi connectivity index (χ1) is 11.8. The number of ether oxygens (including phenoxy) is 3. The topological polar surface area (TPSA) is 64.1 Å². The van der Waals surface area contributed by atoms with Crippen LogP contribution in [0.25, 0.3) is 0 Å². The Morgan fingerprint density at radius 3 is 2.88 bits per heavy atom. The minimum Gasteiger partial charge on any atom is -0.462 e. The summed E-state index contributed by atoms with van der Waals surface area (Å²) in [5, 5.41) is 0. The Hall–Kier alpha value is -1.38. The van der Waals surface area contributed by atoms with E-state index in [-0.39, 0.29) is 6.09 Å². The Morgan fingerprint density at radius 2 is 2.24 bits per heavy atom. The van der Waals surface area contributed by atoms with Crippen LogP contribution in [0, 0.1) is 0 Å². The molecule has 1 fully saturated rings. The first-order valence-electron chi connectivity index (χ1n) is 8.36. The minimum atomic E-state index is -0.505. The van der Waals surface area contributed by atoms with Crippen molar-refractivity contribution in [3.8, 4) is 5.75 Å². The number of rotatable bonds is 5. The second-order valence-electron chi connectivity index (χ2n) is 6.81. The van der Waals surface area contributed by atoms with E-state index >= 15 is 0 Å². The Balaban J connectivity index is 1.90. The molecule has 0 bridgehead atoms. The van der Waals surface area contributed by atoms with Crippen LogP contribution in [0.4, 0.5) is 4.79 Å². The van der Waals surface area contributed by atoms with Gasteiger partial charge >= 0.3 is 6.09 Å². The summed E-state index contributed by atoms with van der Waals surface area (Å²) in [6.45, 7) is 10.4. The van der Waals surface area contributed by atoms with Crippen LogP contribution < -0.4 is 4.74 Å². The third-order valence-electron chi connectivity index (χ3n) is 3.47. The first kappa shape index (κ1) is 19.9. The molecule has 0 spiro atoms. The van der Waals surface area contributed by atoms with Crippen LogP contribution >= 0.6 is 15.9 Å². The Bertz CT molecular complexity index is 579. The molecule has 25 heavy (non-hydrogen) atoms. The fourth-order valence-corrected chi connectivity index (χ4v) is 2.67. The number of hydrogen-bond donors (Lipinski definition) is 0. The lowest BCUT2D eigenvalue weighted by Gasteiger charge is -2.36. The molecular formula is C17H26BrN3O4. The molecule has 1 aliphatic rings. The van der Waals surface area contributed by atoms with Gasteiger partial charge in [-0.25, -0.2) is 4.79 Å². The highest BCUT2D eigenvalue weighted by molar-refractivity contribution is 9.10. The van der Waals surface area contributed by atoms with Gasteiger partial charge in [-0.3, -0.25) is 14.8 Å². The number of amides is 1. The predicted octanol–water partition coefficient (Wildman–Crippen LogP) is 3.10. The normalized spacial score (nSPS) is 18.7. The van der Waals surface area contributed by atoms with Crippen LogP contribution in [-0.4, -0.2) is 65.7 Å². The van der Waals surface area contributed by atoms with Gasteiger partial charge in [-0.05, 0) is 49.7 Å². The van der Waals surface area contributed by atoms with Gasteiger partial charge in [0.15, 0.2) is 0 Å². The van der Waals surface area contributed by atoms with Crippen LogP contribution in [-0.2, 0) is 9.47 Å². The van der Waals surface area contributed by atoms with Crippen LogP contribution in [0.3, 0.4) is 0 Å². The summed E-state index contributed by atoms with van der Waals surface area (Å²) in [5.41, 5.74) is -0.505. The van der Waals surface area contributed by atoms with E-state index in [1.54, 1.807) is 17.3 Å². The molecule has 2 rings (SSSR count). The molecule has 2 heterocycles. The Labute approximate surface area is 157 Å². The van der Waals surface area contributed by atoms with Gasteiger partial charge in [0, 0.05) is 23.8 Å². The molecule has 0 saturated carbocycles. The number of hydrogen-bond acceptors (Lipinski definition) is 6.